The van der Waals surface area contributed by atoms with Crippen molar-refractivity contribution in [1.29, 1.82) is 0 Å². The number of H-pyrrole nitrogens is 2. The Morgan fingerprint density at radius 3 is 2.88 bits per heavy atom. The number of fused-ring (bicyclic) bond motifs is 2. The van der Waals surface area contributed by atoms with Gasteiger partial charge in [0.25, 0.3) is 11.5 Å². The largest absolute Gasteiger partial charge is 0.441 e. The summed E-state index contributed by atoms with van der Waals surface area (Å²) in [5.41, 5.74) is 2.59. The Bertz CT molecular complexity index is 1270. The summed E-state index contributed by atoms with van der Waals surface area (Å²) in [6.45, 7) is 1.96. The van der Waals surface area contributed by atoms with E-state index >= 15 is 0 Å². The first kappa shape index (κ1) is 16.2. The molecule has 0 aliphatic heterocycles. The highest BCUT2D eigenvalue weighted by Gasteiger charge is 2.10. The third kappa shape index (κ3) is 2.91. The van der Waals surface area contributed by atoms with Crippen molar-refractivity contribution in [3.63, 3.8) is 0 Å². The van der Waals surface area contributed by atoms with Crippen molar-refractivity contribution in [2.45, 2.75) is 13.3 Å². The molecule has 130 valence electrons. The Morgan fingerprint density at radius 1 is 1.23 bits per heavy atom. The van der Waals surface area contributed by atoms with Crippen LogP contribution in [-0.2, 0) is 6.42 Å². The summed E-state index contributed by atoms with van der Waals surface area (Å²) >= 11 is 4.97. The molecule has 0 bridgehead atoms. The second-order valence-corrected chi connectivity index (χ2v) is 6.17. The fourth-order valence-electron chi connectivity index (χ4n) is 2.72. The van der Waals surface area contributed by atoms with Gasteiger partial charge in [-0.05, 0) is 48.6 Å². The van der Waals surface area contributed by atoms with Gasteiger partial charge in [0.2, 0.25) is 0 Å². The zero-order chi connectivity index (χ0) is 18.3. The number of amides is 1. The molecule has 0 saturated heterocycles. The first-order valence-corrected chi connectivity index (χ1v) is 8.41. The van der Waals surface area contributed by atoms with Gasteiger partial charge >= 0.3 is 0 Å². The number of anilines is 1. The van der Waals surface area contributed by atoms with Gasteiger partial charge in [0.1, 0.15) is 5.52 Å². The average molecular weight is 366 g/mol. The van der Waals surface area contributed by atoms with Gasteiger partial charge in [-0.2, -0.15) is 0 Å². The Labute approximate surface area is 152 Å². The van der Waals surface area contributed by atoms with Crippen molar-refractivity contribution in [2.24, 2.45) is 0 Å². The minimum atomic E-state index is -0.301. The first-order valence-electron chi connectivity index (χ1n) is 8.00. The zero-order valence-electron chi connectivity index (χ0n) is 13.8. The van der Waals surface area contributed by atoms with E-state index in [2.05, 4.69) is 20.3 Å². The van der Waals surface area contributed by atoms with Crippen LogP contribution >= 0.6 is 12.2 Å². The lowest BCUT2D eigenvalue weighted by atomic mass is 10.1. The summed E-state index contributed by atoms with van der Waals surface area (Å²) in [6.07, 6.45) is 0.702. The third-order valence-corrected chi connectivity index (χ3v) is 4.20. The summed E-state index contributed by atoms with van der Waals surface area (Å²) in [7, 11) is 0. The summed E-state index contributed by atoms with van der Waals surface area (Å²) in [5, 5.41) is 3.26. The van der Waals surface area contributed by atoms with E-state index in [4.69, 9.17) is 16.6 Å². The SMILES string of the molecule is CCc1nc2cc(NC(=O)c3ccc4c(=O)[nH]c(=S)[nH]c4c3)ccc2o1. The van der Waals surface area contributed by atoms with Gasteiger partial charge in [0, 0.05) is 17.7 Å². The number of aryl methyl sites for hydroxylation is 1. The number of nitrogens with zero attached hydrogens (tertiary/aromatic N) is 1. The highest BCUT2D eigenvalue weighted by molar-refractivity contribution is 7.71. The lowest BCUT2D eigenvalue weighted by Crippen LogP contribution is -2.13. The van der Waals surface area contributed by atoms with Crippen LogP contribution in [0.3, 0.4) is 0 Å². The average Bonchev–Trinajstić information content (AvgIpc) is 3.03. The molecule has 0 spiro atoms. The molecule has 26 heavy (non-hydrogen) atoms. The normalized spacial score (nSPS) is 11.1. The fraction of sp³-hybridized carbons (Fsp3) is 0.111. The van der Waals surface area contributed by atoms with E-state index in [1.165, 1.54) is 0 Å². The Kier molecular flexibility index (Phi) is 3.89. The van der Waals surface area contributed by atoms with Gasteiger partial charge in [0.15, 0.2) is 16.2 Å². The van der Waals surface area contributed by atoms with Crippen LogP contribution in [-0.4, -0.2) is 20.9 Å². The summed E-state index contributed by atoms with van der Waals surface area (Å²) < 4.78 is 5.77. The topological polar surface area (TPSA) is 104 Å². The molecule has 2 aromatic carbocycles. The van der Waals surface area contributed by atoms with Gasteiger partial charge in [-0.25, -0.2) is 4.98 Å². The van der Waals surface area contributed by atoms with Gasteiger partial charge in [0.05, 0.1) is 10.9 Å². The van der Waals surface area contributed by atoms with Gasteiger partial charge < -0.3 is 14.7 Å². The molecular formula is C18H14N4O3S. The minimum absolute atomic E-state index is 0.211. The Morgan fingerprint density at radius 2 is 2.08 bits per heavy atom. The molecule has 2 heterocycles. The first-order chi connectivity index (χ1) is 12.5. The van der Waals surface area contributed by atoms with Gasteiger partial charge in [-0.15, -0.1) is 0 Å². The molecular weight excluding hydrogens is 352 g/mol. The minimum Gasteiger partial charge on any atom is -0.441 e. The predicted molar refractivity (Wildman–Crippen MR) is 101 cm³/mol. The molecule has 0 fully saturated rings. The number of hydrogen-bond donors (Lipinski definition) is 3. The molecule has 0 atom stereocenters. The maximum absolute atomic E-state index is 12.5. The van der Waals surface area contributed by atoms with Crippen LogP contribution in [0.2, 0.25) is 0 Å². The molecule has 1 amide bonds. The number of carbonyl (C=O) groups is 1. The number of benzene rings is 2. The quantitative estimate of drug-likeness (QED) is 0.481. The predicted octanol–water partition coefficient (Wildman–Crippen LogP) is 3.54. The molecule has 3 N–H and O–H groups in total. The number of aromatic nitrogens is 3. The Balaban J connectivity index is 1.66. The molecule has 7 nitrogen and oxygen atoms in total. The van der Waals surface area contributed by atoms with Crippen LogP contribution in [0, 0.1) is 4.77 Å². The van der Waals surface area contributed by atoms with Crippen molar-refractivity contribution in [1.82, 2.24) is 15.0 Å². The number of carbonyl (C=O) groups excluding carboxylic acids is 1. The fourth-order valence-corrected chi connectivity index (χ4v) is 2.92. The molecule has 0 radical (unpaired) electrons. The molecule has 0 saturated carbocycles. The van der Waals surface area contributed by atoms with Crippen LogP contribution in [0.15, 0.2) is 45.6 Å². The van der Waals surface area contributed by atoms with Gasteiger partial charge in [-0.1, -0.05) is 6.92 Å². The summed E-state index contributed by atoms with van der Waals surface area (Å²) in [5.74, 6) is 0.351. The zero-order valence-corrected chi connectivity index (χ0v) is 14.6. The second kappa shape index (κ2) is 6.23. The maximum Gasteiger partial charge on any atom is 0.259 e. The van der Waals surface area contributed by atoms with E-state index in [1.807, 2.05) is 6.92 Å². The highest BCUT2D eigenvalue weighted by atomic mass is 32.1. The van der Waals surface area contributed by atoms with E-state index < -0.39 is 0 Å². The standard InChI is InChI=1S/C18H14N4O3S/c1-2-15-20-13-8-10(4-6-14(13)25-15)19-16(23)9-3-5-11-12(7-9)21-18(26)22-17(11)24/h3-8H,2H2,1H3,(H,19,23)(H2,21,22,24,26). The second-order valence-electron chi connectivity index (χ2n) is 5.77. The van der Waals surface area contributed by atoms with Gasteiger partial charge in [-0.3, -0.25) is 14.6 Å². The monoisotopic (exact) mass is 366 g/mol. The number of aromatic amines is 2. The molecule has 2 aromatic heterocycles. The van der Waals surface area contributed by atoms with E-state index in [1.54, 1.807) is 36.4 Å². The van der Waals surface area contributed by atoms with Crippen LogP contribution in [0.25, 0.3) is 22.0 Å². The van der Waals surface area contributed by atoms with Crippen LogP contribution in [0.5, 0.6) is 0 Å². The number of rotatable bonds is 3. The number of oxazole rings is 1. The van der Waals surface area contributed by atoms with Crippen molar-refractivity contribution < 1.29 is 9.21 Å². The van der Waals surface area contributed by atoms with Crippen molar-refractivity contribution in [3.05, 3.63) is 63.0 Å². The molecule has 0 unspecified atom stereocenters. The van der Waals surface area contributed by atoms with Crippen LogP contribution < -0.4 is 10.9 Å². The molecule has 4 rings (SSSR count). The number of nitrogens with one attached hydrogen (secondary N) is 3. The highest BCUT2D eigenvalue weighted by Crippen LogP contribution is 2.21. The lowest BCUT2D eigenvalue weighted by Gasteiger charge is -2.06. The molecule has 8 heteroatoms. The smallest absolute Gasteiger partial charge is 0.259 e. The molecule has 0 aliphatic rings. The Hall–Kier alpha value is -3.26. The number of hydrogen-bond acceptors (Lipinski definition) is 5. The van der Waals surface area contributed by atoms with Crippen molar-refractivity contribution in [3.8, 4) is 0 Å². The van der Waals surface area contributed by atoms with E-state index in [0.717, 1.165) is 0 Å². The summed E-state index contributed by atoms with van der Waals surface area (Å²) in [4.78, 5) is 34.2. The van der Waals surface area contributed by atoms with E-state index in [-0.39, 0.29) is 16.2 Å². The third-order valence-electron chi connectivity index (χ3n) is 3.99. The maximum atomic E-state index is 12.5. The summed E-state index contributed by atoms with van der Waals surface area (Å²) in [6, 6.07) is 10.1. The van der Waals surface area contributed by atoms with Crippen LogP contribution in [0.1, 0.15) is 23.2 Å². The van der Waals surface area contributed by atoms with Crippen molar-refractivity contribution >= 4 is 45.8 Å². The van der Waals surface area contributed by atoms with Crippen molar-refractivity contribution in [2.75, 3.05) is 5.32 Å². The van der Waals surface area contributed by atoms with E-state index in [0.29, 0.717) is 45.6 Å². The molecule has 0 aliphatic carbocycles. The lowest BCUT2D eigenvalue weighted by molar-refractivity contribution is 0.102. The van der Waals surface area contributed by atoms with E-state index in [9.17, 15) is 9.59 Å². The van der Waals surface area contributed by atoms with Crippen LogP contribution in [0.4, 0.5) is 5.69 Å². The molecule has 4 aromatic rings.